The van der Waals surface area contributed by atoms with Crippen molar-refractivity contribution in [2.24, 2.45) is 0 Å². The summed E-state index contributed by atoms with van der Waals surface area (Å²) in [5, 5.41) is 11.2. The Morgan fingerprint density at radius 2 is 1.97 bits per heavy atom. The first kappa shape index (κ1) is 20.6. The zero-order chi connectivity index (χ0) is 21.1. The molecule has 0 radical (unpaired) electrons. The molecule has 3 rings (SSSR count). The second-order valence-electron chi connectivity index (χ2n) is 6.37. The van der Waals surface area contributed by atoms with Crippen LogP contribution in [0.4, 0.5) is 4.39 Å². The van der Waals surface area contributed by atoms with Crippen LogP contribution < -0.4 is 4.74 Å². The number of carbonyl (C=O) groups excluding carboxylic acids is 2. The van der Waals surface area contributed by atoms with Gasteiger partial charge in [0.1, 0.15) is 17.3 Å². The van der Waals surface area contributed by atoms with Gasteiger partial charge in [-0.25, -0.2) is 4.39 Å². The molecule has 0 spiro atoms. The van der Waals surface area contributed by atoms with E-state index < -0.39 is 23.5 Å². The monoisotopic (exact) mass is 415 g/mol. The Hall–Kier alpha value is -3.12. The number of hydrogen-bond acceptors (Lipinski definition) is 4. The van der Waals surface area contributed by atoms with E-state index >= 15 is 0 Å². The molecule has 150 valence electrons. The summed E-state index contributed by atoms with van der Waals surface area (Å²) >= 11 is 6.20. The number of carbonyl (C=O) groups is 2. The Kier molecular flexibility index (Phi) is 6.03. The van der Waals surface area contributed by atoms with Gasteiger partial charge < -0.3 is 14.7 Å². The van der Waals surface area contributed by atoms with E-state index in [4.69, 9.17) is 16.3 Å². The van der Waals surface area contributed by atoms with E-state index in [1.807, 2.05) is 6.92 Å². The van der Waals surface area contributed by atoms with Gasteiger partial charge in [-0.3, -0.25) is 9.59 Å². The lowest BCUT2D eigenvalue weighted by Crippen LogP contribution is -2.29. The predicted octanol–water partition coefficient (Wildman–Crippen LogP) is 4.49. The molecule has 0 bridgehead atoms. The molecule has 1 N–H and O–H groups in total. The number of rotatable bonds is 6. The Bertz CT molecular complexity index is 1000. The Balaban J connectivity index is 2.15. The van der Waals surface area contributed by atoms with Crippen molar-refractivity contribution in [1.29, 1.82) is 0 Å². The van der Waals surface area contributed by atoms with E-state index in [1.54, 1.807) is 12.1 Å². The van der Waals surface area contributed by atoms with Crippen LogP contribution >= 0.6 is 11.6 Å². The summed E-state index contributed by atoms with van der Waals surface area (Å²) in [5.41, 5.74) is 0.664. The molecule has 1 atom stereocenters. The van der Waals surface area contributed by atoms with Crippen LogP contribution in [-0.4, -0.2) is 34.8 Å². The predicted molar refractivity (Wildman–Crippen MR) is 108 cm³/mol. The number of ketones is 1. The fourth-order valence-corrected chi connectivity index (χ4v) is 3.51. The van der Waals surface area contributed by atoms with Gasteiger partial charge in [0.2, 0.25) is 0 Å². The van der Waals surface area contributed by atoms with E-state index in [0.717, 1.165) is 0 Å². The van der Waals surface area contributed by atoms with Crippen molar-refractivity contribution in [1.82, 2.24) is 4.90 Å². The van der Waals surface area contributed by atoms with Gasteiger partial charge in [-0.05, 0) is 42.8 Å². The molecule has 0 saturated carbocycles. The van der Waals surface area contributed by atoms with Crippen LogP contribution in [0.1, 0.15) is 24.1 Å². The zero-order valence-corrected chi connectivity index (χ0v) is 16.4. The minimum Gasteiger partial charge on any atom is -0.507 e. The highest BCUT2D eigenvalue weighted by Crippen LogP contribution is 2.40. The molecule has 1 amide bonds. The molecule has 1 aliphatic heterocycles. The maximum atomic E-state index is 13.4. The summed E-state index contributed by atoms with van der Waals surface area (Å²) in [6.07, 6.45) is 1.48. The number of hydrogen-bond donors (Lipinski definition) is 1. The van der Waals surface area contributed by atoms with Crippen LogP contribution in [0.2, 0.25) is 5.02 Å². The zero-order valence-electron chi connectivity index (χ0n) is 15.7. The number of aliphatic hydroxyl groups excluding tert-OH is 1. The van der Waals surface area contributed by atoms with Crippen molar-refractivity contribution >= 4 is 29.1 Å². The van der Waals surface area contributed by atoms with E-state index in [2.05, 4.69) is 6.58 Å². The molecule has 5 nitrogen and oxygen atoms in total. The molecule has 2 aromatic carbocycles. The number of Topliss-reactive ketones (excluding diaryl/α,β-unsaturated/α-hetero) is 1. The number of halogens is 2. The Morgan fingerprint density at radius 1 is 1.28 bits per heavy atom. The minimum atomic E-state index is -0.876. The molecular formula is C22H19ClFNO4. The van der Waals surface area contributed by atoms with Gasteiger partial charge in [0.15, 0.2) is 0 Å². The fourth-order valence-electron chi connectivity index (χ4n) is 3.28. The summed E-state index contributed by atoms with van der Waals surface area (Å²) in [6.45, 7) is 5.94. The summed E-state index contributed by atoms with van der Waals surface area (Å²) in [6, 6.07) is 9.13. The third-order valence-corrected chi connectivity index (χ3v) is 4.85. The highest BCUT2D eigenvalue weighted by molar-refractivity contribution is 6.46. The second kappa shape index (κ2) is 8.49. The molecule has 1 fully saturated rings. The molecular weight excluding hydrogens is 397 g/mol. The largest absolute Gasteiger partial charge is 0.507 e. The van der Waals surface area contributed by atoms with Crippen LogP contribution in [-0.2, 0) is 9.59 Å². The van der Waals surface area contributed by atoms with E-state index in [1.165, 1.54) is 41.3 Å². The molecule has 0 aliphatic carbocycles. The van der Waals surface area contributed by atoms with Gasteiger partial charge in [-0.15, -0.1) is 6.58 Å². The van der Waals surface area contributed by atoms with Crippen molar-refractivity contribution < 1.29 is 23.8 Å². The molecule has 1 aliphatic rings. The van der Waals surface area contributed by atoms with Crippen molar-refractivity contribution in [3.05, 3.63) is 82.7 Å². The normalized spacial score (nSPS) is 18.2. The lowest BCUT2D eigenvalue weighted by Gasteiger charge is -2.24. The van der Waals surface area contributed by atoms with Crippen LogP contribution in [0, 0.1) is 5.82 Å². The highest BCUT2D eigenvalue weighted by atomic mass is 35.5. The number of likely N-dealkylation sites (tertiary alicyclic amines) is 1. The van der Waals surface area contributed by atoms with Crippen LogP contribution in [0.3, 0.4) is 0 Å². The van der Waals surface area contributed by atoms with Gasteiger partial charge >= 0.3 is 0 Å². The van der Waals surface area contributed by atoms with Crippen LogP contribution in [0.25, 0.3) is 5.76 Å². The van der Waals surface area contributed by atoms with E-state index in [9.17, 15) is 19.1 Å². The van der Waals surface area contributed by atoms with Gasteiger partial charge in [-0.1, -0.05) is 29.8 Å². The van der Waals surface area contributed by atoms with Crippen LogP contribution in [0.5, 0.6) is 5.75 Å². The Labute approximate surface area is 172 Å². The van der Waals surface area contributed by atoms with Crippen molar-refractivity contribution in [2.45, 2.75) is 13.0 Å². The van der Waals surface area contributed by atoms with Crippen molar-refractivity contribution in [2.75, 3.05) is 13.2 Å². The first-order valence-electron chi connectivity index (χ1n) is 8.96. The van der Waals surface area contributed by atoms with Crippen molar-refractivity contribution in [3.63, 3.8) is 0 Å². The standard InChI is InChI=1S/C22H19ClFNO4/c1-3-11-25-19(13-5-8-15(24)9-6-13)18(21(27)22(25)28)20(26)14-7-10-17(29-4-2)16(23)12-14/h3,5-10,12,19,26H,1,4,11H2,2H3/t19-/m0/s1. The minimum absolute atomic E-state index is 0.0907. The average Bonchev–Trinajstić information content (AvgIpc) is 2.95. The SMILES string of the molecule is C=CCN1C(=O)C(=O)C(=C(O)c2ccc(OCC)c(Cl)c2)[C@@H]1c1ccc(F)cc1. The third-order valence-electron chi connectivity index (χ3n) is 4.56. The summed E-state index contributed by atoms with van der Waals surface area (Å²) < 4.78 is 18.8. The maximum absolute atomic E-state index is 13.4. The summed E-state index contributed by atoms with van der Waals surface area (Å²) in [5.74, 6) is -1.98. The van der Waals surface area contributed by atoms with Crippen molar-refractivity contribution in [3.8, 4) is 5.75 Å². The quantitative estimate of drug-likeness (QED) is 0.327. The van der Waals surface area contributed by atoms with E-state index in [0.29, 0.717) is 17.9 Å². The number of ether oxygens (including phenoxy) is 1. The summed E-state index contributed by atoms with van der Waals surface area (Å²) in [7, 11) is 0. The lowest BCUT2D eigenvalue weighted by atomic mass is 9.95. The second-order valence-corrected chi connectivity index (χ2v) is 6.78. The maximum Gasteiger partial charge on any atom is 0.295 e. The van der Waals surface area contributed by atoms with Gasteiger partial charge in [0.25, 0.3) is 11.7 Å². The molecule has 1 heterocycles. The lowest BCUT2D eigenvalue weighted by molar-refractivity contribution is -0.139. The summed E-state index contributed by atoms with van der Waals surface area (Å²) in [4.78, 5) is 26.6. The van der Waals surface area contributed by atoms with Gasteiger partial charge in [0.05, 0.1) is 23.2 Å². The van der Waals surface area contributed by atoms with E-state index in [-0.39, 0.29) is 28.5 Å². The number of aliphatic hydroxyl groups is 1. The number of amides is 1. The third kappa shape index (κ3) is 3.89. The molecule has 7 heteroatoms. The topological polar surface area (TPSA) is 66.8 Å². The van der Waals surface area contributed by atoms with Gasteiger partial charge in [-0.2, -0.15) is 0 Å². The number of benzene rings is 2. The number of nitrogens with zero attached hydrogens (tertiary/aromatic N) is 1. The highest BCUT2D eigenvalue weighted by Gasteiger charge is 2.45. The fraction of sp³-hybridized carbons (Fsp3) is 0.182. The Morgan fingerprint density at radius 3 is 2.55 bits per heavy atom. The first-order chi connectivity index (χ1) is 13.9. The van der Waals surface area contributed by atoms with Gasteiger partial charge in [0, 0.05) is 12.1 Å². The first-order valence-corrected chi connectivity index (χ1v) is 9.34. The molecule has 0 unspecified atom stereocenters. The molecule has 0 aromatic heterocycles. The van der Waals surface area contributed by atoms with Crippen LogP contribution in [0.15, 0.2) is 60.7 Å². The molecule has 29 heavy (non-hydrogen) atoms. The molecule has 1 saturated heterocycles. The smallest absolute Gasteiger partial charge is 0.295 e. The average molecular weight is 416 g/mol. The molecule has 2 aromatic rings.